The number of likely N-dealkylation sites (tertiary alicyclic amines) is 1. The van der Waals surface area contributed by atoms with E-state index in [1.54, 1.807) is 0 Å². The number of amides is 1. The minimum Gasteiger partial charge on any atom is -0.339 e. The van der Waals surface area contributed by atoms with Gasteiger partial charge in [-0.15, -0.1) is 0 Å². The van der Waals surface area contributed by atoms with E-state index in [4.69, 9.17) is 11.0 Å². The van der Waals surface area contributed by atoms with Gasteiger partial charge < -0.3 is 10.6 Å². The van der Waals surface area contributed by atoms with Crippen molar-refractivity contribution < 1.29 is 4.79 Å². The Labute approximate surface area is 52.8 Å². The second-order valence-electron chi connectivity index (χ2n) is 2.28. The summed E-state index contributed by atoms with van der Waals surface area (Å²) in [6.07, 6.45) is 0.697. The lowest BCUT2D eigenvalue weighted by atomic mass is 9.94. The van der Waals surface area contributed by atoms with Crippen LogP contribution in [0.5, 0.6) is 0 Å². The van der Waals surface area contributed by atoms with E-state index in [0.717, 1.165) is 0 Å². The molecule has 2 N–H and O–H groups in total. The Morgan fingerprint density at radius 1 is 1.78 bits per heavy atom. The molecular weight excluding hydrogens is 118 g/mol. The van der Waals surface area contributed by atoms with E-state index in [0.29, 0.717) is 19.5 Å². The van der Waals surface area contributed by atoms with Crippen molar-refractivity contribution in [2.75, 3.05) is 13.1 Å². The molecule has 0 saturated carbocycles. The van der Waals surface area contributed by atoms with E-state index >= 15 is 0 Å². The van der Waals surface area contributed by atoms with Crippen LogP contribution in [-0.4, -0.2) is 29.9 Å². The van der Waals surface area contributed by atoms with Gasteiger partial charge in [0, 0.05) is 0 Å². The Bertz CT molecular complexity index is 166. The van der Waals surface area contributed by atoms with Crippen molar-refractivity contribution in [1.82, 2.24) is 4.90 Å². The smallest absolute Gasteiger partial charge is 0.209 e. The quantitative estimate of drug-likeness (QED) is 0.442. The molecule has 1 aliphatic rings. The maximum Gasteiger partial charge on any atom is 0.209 e. The number of hydrogen-bond donors (Lipinski definition) is 1. The van der Waals surface area contributed by atoms with Crippen LogP contribution in [0.25, 0.3) is 0 Å². The van der Waals surface area contributed by atoms with Gasteiger partial charge in [-0.3, -0.25) is 4.79 Å². The van der Waals surface area contributed by atoms with Crippen molar-refractivity contribution in [2.45, 2.75) is 5.54 Å². The van der Waals surface area contributed by atoms with Crippen molar-refractivity contribution in [3.8, 4) is 6.07 Å². The third-order valence-corrected chi connectivity index (χ3v) is 1.34. The summed E-state index contributed by atoms with van der Waals surface area (Å²) < 4.78 is 0. The largest absolute Gasteiger partial charge is 0.339 e. The first-order valence-corrected chi connectivity index (χ1v) is 2.60. The van der Waals surface area contributed by atoms with Gasteiger partial charge in [0.05, 0.1) is 19.2 Å². The van der Waals surface area contributed by atoms with Gasteiger partial charge in [0.1, 0.15) is 5.54 Å². The summed E-state index contributed by atoms with van der Waals surface area (Å²) in [7, 11) is 0. The summed E-state index contributed by atoms with van der Waals surface area (Å²) in [5, 5.41) is 8.34. The molecule has 0 aromatic rings. The minimum atomic E-state index is -0.763. The van der Waals surface area contributed by atoms with Crippen LogP contribution in [0.2, 0.25) is 0 Å². The lowest BCUT2D eigenvalue weighted by Crippen LogP contribution is -2.65. The van der Waals surface area contributed by atoms with Crippen molar-refractivity contribution in [1.29, 1.82) is 5.26 Å². The number of carbonyl (C=O) groups excluding carboxylic acids is 1. The van der Waals surface area contributed by atoms with Gasteiger partial charge in [0.2, 0.25) is 6.41 Å². The van der Waals surface area contributed by atoms with E-state index in [2.05, 4.69) is 0 Å². The minimum absolute atomic E-state index is 0.368. The molecule has 4 heteroatoms. The van der Waals surface area contributed by atoms with Crippen LogP contribution in [0, 0.1) is 11.3 Å². The van der Waals surface area contributed by atoms with Gasteiger partial charge >= 0.3 is 0 Å². The zero-order valence-corrected chi connectivity index (χ0v) is 4.87. The fraction of sp³-hybridized carbons (Fsp3) is 0.600. The van der Waals surface area contributed by atoms with E-state index in [9.17, 15) is 4.79 Å². The first-order chi connectivity index (χ1) is 4.20. The van der Waals surface area contributed by atoms with Crippen LogP contribution in [0.1, 0.15) is 0 Å². The van der Waals surface area contributed by atoms with Gasteiger partial charge in [0.15, 0.2) is 0 Å². The highest BCUT2D eigenvalue weighted by Crippen LogP contribution is 2.13. The Morgan fingerprint density at radius 2 is 2.33 bits per heavy atom. The molecule has 0 aromatic heterocycles. The number of carbonyl (C=O) groups is 1. The average molecular weight is 125 g/mol. The van der Waals surface area contributed by atoms with Crippen LogP contribution in [-0.2, 0) is 4.79 Å². The van der Waals surface area contributed by atoms with Gasteiger partial charge in [-0.2, -0.15) is 5.26 Å². The van der Waals surface area contributed by atoms with Crippen molar-refractivity contribution in [3.63, 3.8) is 0 Å². The molecule has 1 rings (SSSR count). The summed E-state index contributed by atoms with van der Waals surface area (Å²) >= 11 is 0. The molecule has 4 nitrogen and oxygen atoms in total. The van der Waals surface area contributed by atoms with Crippen LogP contribution in [0.3, 0.4) is 0 Å². The number of rotatable bonds is 1. The third kappa shape index (κ3) is 0.864. The molecule has 9 heavy (non-hydrogen) atoms. The molecule has 0 unspecified atom stereocenters. The number of nitrogens with two attached hydrogens (primary N) is 1. The van der Waals surface area contributed by atoms with Crippen molar-refractivity contribution in [2.24, 2.45) is 5.73 Å². The molecular formula is C5H7N3O. The maximum absolute atomic E-state index is 9.95. The zero-order chi connectivity index (χ0) is 6.91. The molecule has 1 aliphatic heterocycles. The lowest BCUT2D eigenvalue weighted by Gasteiger charge is -2.40. The molecule has 0 bridgehead atoms. The molecule has 0 atom stereocenters. The van der Waals surface area contributed by atoms with Crippen LogP contribution in [0.4, 0.5) is 0 Å². The standard InChI is InChI=1S/C5H7N3O/c6-1-5(7)2-8(3-5)4-9/h4H,2-3,7H2. The second kappa shape index (κ2) is 1.71. The second-order valence-corrected chi connectivity index (χ2v) is 2.28. The highest BCUT2D eigenvalue weighted by Gasteiger charge is 2.38. The summed E-state index contributed by atoms with van der Waals surface area (Å²) in [4.78, 5) is 11.4. The molecule has 1 heterocycles. The highest BCUT2D eigenvalue weighted by molar-refractivity contribution is 5.51. The Balaban J connectivity index is 2.43. The van der Waals surface area contributed by atoms with E-state index in [1.807, 2.05) is 6.07 Å². The maximum atomic E-state index is 9.95. The first kappa shape index (κ1) is 6.05. The highest BCUT2D eigenvalue weighted by atomic mass is 16.1. The molecule has 0 aliphatic carbocycles. The third-order valence-electron chi connectivity index (χ3n) is 1.34. The molecule has 0 radical (unpaired) electrons. The topological polar surface area (TPSA) is 70.1 Å². The molecule has 1 fully saturated rings. The SMILES string of the molecule is N#CC1(N)CN(C=O)C1. The number of hydrogen-bond acceptors (Lipinski definition) is 3. The van der Waals surface area contributed by atoms with Gasteiger partial charge in [-0.1, -0.05) is 0 Å². The zero-order valence-electron chi connectivity index (χ0n) is 4.87. The summed E-state index contributed by atoms with van der Waals surface area (Å²) in [5.41, 5.74) is 4.64. The molecule has 0 spiro atoms. The van der Waals surface area contributed by atoms with Crippen molar-refractivity contribution in [3.05, 3.63) is 0 Å². The van der Waals surface area contributed by atoms with Crippen LogP contribution >= 0.6 is 0 Å². The van der Waals surface area contributed by atoms with Gasteiger partial charge in [0.25, 0.3) is 0 Å². The van der Waals surface area contributed by atoms with Crippen molar-refractivity contribution >= 4 is 6.41 Å². The van der Waals surface area contributed by atoms with Crippen LogP contribution < -0.4 is 5.73 Å². The monoisotopic (exact) mass is 125 g/mol. The summed E-state index contributed by atoms with van der Waals surface area (Å²) in [5.74, 6) is 0. The molecule has 1 amide bonds. The fourth-order valence-electron chi connectivity index (χ4n) is 0.824. The van der Waals surface area contributed by atoms with E-state index < -0.39 is 5.54 Å². The predicted molar refractivity (Wildman–Crippen MR) is 30.2 cm³/mol. The number of nitriles is 1. The van der Waals surface area contributed by atoms with Gasteiger partial charge in [-0.05, 0) is 0 Å². The molecule has 48 valence electrons. The molecule has 1 saturated heterocycles. The summed E-state index contributed by atoms with van der Waals surface area (Å²) in [6.45, 7) is 0.736. The fourth-order valence-corrected chi connectivity index (χ4v) is 0.824. The Kier molecular flexibility index (Phi) is 1.15. The lowest BCUT2D eigenvalue weighted by molar-refractivity contribution is -0.123. The Hall–Kier alpha value is -1.08. The normalized spacial score (nSPS) is 22.0. The van der Waals surface area contributed by atoms with E-state index in [-0.39, 0.29) is 0 Å². The predicted octanol–water partition coefficient (Wildman–Crippen LogP) is -1.32. The van der Waals surface area contributed by atoms with Gasteiger partial charge in [-0.25, -0.2) is 0 Å². The average Bonchev–Trinajstić information content (AvgIpc) is 1.81. The van der Waals surface area contributed by atoms with E-state index in [1.165, 1.54) is 4.90 Å². The summed E-state index contributed by atoms with van der Waals surface area (Å²) in [6, 6.07) is 1.92. The first-order valence-electron chi connectivity index (χ1n) is 2.60. The Morgan fingerprint density at radius 3 is 2.67 bits per heavy atom. The molecule has 0 aromatic carbocycles. The van der Waals surface area contributed by atoms with Crippen LogP contribution in [0.15, 0.2) is 0 Å². The number of nitrogens with zero attached hydrogens (tertiary/aromatic N) is 2.